The SMILES string of the molecule is COc1ccc(CC(C)(CNC(C)C)C(C)C)cc1F. The molecule has 3 heteroatoms. The minimum absolute atomic E-state index is 0.102. The van der Waals surface area contributed by atoms with Crippen LogP contribution in [-0.4, -0.2) is 19.7 Å². The lowest BCUT2D eigenvalue weighted by Gasteiger charge is -2.35. The fourth-order valence-electron chi connectivity index (χ4n) is 2.19. The molecule has 0 saturated heterocycles. The molecule has 0 fully saturated rings. The second-order valence-electron chi connectivity index (χ2n) is 6.49. The number of nitrogens with one attached hydrogen (secondary N) is 1. The van der Waals surface area contributed by atoms with Crippen molar-refractivity contribution in [3.8, 4) is 5.75 Å². The Morgan fingerprint density at radius 3 is 2.35 bits per heavy atom. The van der Waals surface area contributed by atoms with Crippen molar-refractivity contribution in [1.29, 1.82) is 0 Å². The Hall–Kier alpha value is -1.09. The third kappa shape index (κ3) is 4.48. The van der Waals surface area contributed by atoms with Crippen LogP contribution in [0.3, 0.4) is 0 Å². The number of hydrogen-bond acceptors (Lipinski definition) is 2. The zero-order valence-corrected chi connectivity index (χ0v) is 13.6. The maximum absolute atomic E-state index is 13.8. The highest BCUT2D eigenvalue weighted by Crippen LogP contribution is 2.32. The lowest BCUT2D eigenvalue weighted by molar-refractivity contribution is 0.202. The number of halogens is 1. The van der Waals surface area contributed by atoms with Crippen molar-refractivity contribution < 1.29 is 9.13 Å². The maximum atomic E-state index is 13.8. The van der Waals surface area contributed by atoms with Crippen LogP contribution in [0, 0.1) is 17.2 Å². The molecule has 0 bridgehead atoms. The monoisotopic (exact) mass is 281 g/mol. The van der Waals surface area contributed by atoms with Gasteiger partial charge in [0.2, 0.25) is 0 Å². The Morgan fingerprint density at radius 2 is 1.90 bits per heavy atom. The fourth-order valence-corrected chi connectivity index (χ4v) is 2.19. The first-order valence-electron chi connectivity index (χ1n) is 7.34. The van der Waals surface area contributed by atoms with Crippen molar-refractivity contribution in [3.05, 3.63) is 29.6 Å². The molecule has 2 nitrogen and oxygen atoms in total. The summed E-state index contributed by atoms with van der Waals surface area (Å²) in [6.45, 7) is 11.9. The Labute approximate surface area is 122 Å². The number of rotatable bonds is 7. The molecule has 0 radical (unpaired) electrons. The molecule has 0 aliphatic carbocycles. The van der Waals surface area contributed by atoms with Crippen molar-refractivity contribution in [2.24, 2.45) is 11.3 Å². The summed E-state index contributed by atoms with van der Waals surface area (Å²) >= 11 is 0. The standard InChI is InChI=1S/C17H28FNO/c1-12(2)17(5,11-19-13(3)4)10-14-7-8-16(20-6)15(18)9-14/h7-9,12-13,19H,10-11H2,1-6H3. The summed E-state index contributed by atoms with van der Waals surface area (Å²) in [5.74, 6) is 0.534. The van der Waals surface area contributed by atoms with Gasteiger partial charge in [-0.15, -0.1) is 0 Å². The third-order valence-corrected chi connectivity index (χ3v) is 4.13. The van der Waals surface area contributed by atoms with E-state index in [2.05, 4.69) is 39.9 Å². The molecule has 0 aromatic heterocycles. The van der Waals surface area contributed by atoms with Crippen molar-refractivity contribution in [3.63, 3.8) is 0 Å². The number of methoxy groups -OCH3 is 1. The molecule has 0 aliphatic rings. The average Bonchev–Trinajstić information content (AvgIpc) is 2.36. The van der Waals surface area contributed by atoms with Gasteiger partial charge in [0.1, 0.15) is 0 Å². The fraction of sp³-hybridized carbons (Fsp3) is 0.647. The van der Waals surface area contributed by atoms with Gasteiger partial charge in [-0.1, -0.05) is 40.7 Å². The van der Waals surface area contributed by atoms with Crippen LogP contribution in [0.1, 0.15) is 40.2 Å². The molecule has 114 valence electrons. The van der Waals surface area contributed by atoms with Crippen molar-refractivity contribution in [1.82, 2.24) is 5.32 Å². The molecular formula is C17H28FNO. The number of hydrogen-bond donors (Lipinski definition) is 1. The second kappa shape index (κ2) is 7.07. The number of ether oxygens (including phenoxy) is 1. The van der Waals surface area contributed by atoms with Crippen LogP contribution in [0.25, 0.3) is 0 Å². The summed E-state index contributed by atoms with van der Waals surface area (Å²) in [6, 6.07) is 5.72. The molecular weight excluding hydrogens is 253 g/mol. The minimum Gasteiger partial charge on any atom is -0.494 e. The van der Waals surface area contributed by atoms with Gasteiger partial charge in [0, 0.05) is 12.6 Å². The number of benzene rings is 1. The highest BCUT2D eigenvalue weighted by molar-refractivity contribution is 5.30. The molecule has 1 N–H and O–H groups in total. The molecule has 0 amide bonds. The van der Waals surface area contributed by atoms with E-state index in [9.17, 15) is 4.39 Å². The van der Waals surface area contributed by atoms with Gasteiger partial charge < -0.3 is 10.1 Å². The Morgan fingerprint density at radius 1 is 1.25 bits per heavy atom. The van der Waals surface area contributed by atoms with Crippen molar-refractivity contribution in [2.75, 3.05) is 13.7 Å². The van der Waals surface area contributed by atoms with Crippen molar-refractivity contribution in [2.45, 2.75) is 47.1 Å². The normalized spacial score (nSPS) is 14.7. The van der Waals surface area contributed by atoms with Crippen LogP contribution >= 0.6 is 0 Å². The summed E-state index contributed by atoms with van der Waals surface area (Å²) in [4.78, 5) is 0. The Balaban J connectivity index is 2.87. The van der Waals surface area contributed by atoms with Gasteiger partial charge in [-0.3, -0.25) is 0 Å². The average molecular weight is 281 g/mol. The van der Waals surface area contributed by atoms with E-state index in [0.29, 0.717) is 17.7 Å². The first-order valence-corrected chi connectivity index (χ1v) is 7.34. The molecule has 0 aliphatic heterocycles. The minimum atomic E-state index is -0.284. The quantitative estimate of drug-likeness (QED) is 0.814. The summed E-state index contributed by atoms with van der Waals surface area (Å²) in [5.41, 5.74) is 1.12. The lowest BCUT2D eigenvalue weighted by Crippen LogP contribution is -2.40. The molecule has 0 heterocycles. The first kappa shape index (κ1) is 17.0. The smallest absolute Gasteiger partial charge is 0.165 e. The molecule has 1 aromatic carbocycles. The third-order valence-electron chi connectivity index (χ3n) is 4.13. The van der Waals surface area contributed by atoms with Gasteiger partial charge in [0.15, 0.2) is 11.6 Å². The molecule has 1 atom stereocenters. The summed E-state index contributed by atoms with van der Waals surface area (Å²) in [7, 11) is 1.49. The van der Waals surface area contributed by atoms with Crippen LogP contribution in [0.4, 0.5) is 4.39 Å². The predicted octanol–water partition coefficient (Wildman–Crippen LogP) is 4.04. The van der Waals surface area contributed by atoms with Crippen LogP contribution in [0.5, 0.6) is 5.75 Å². The maximum Gasteiger partial charge on any atom is 0.165 e. The first-order chi connectivity index (χ1) is 9.28. The van der Waals surface area contributed by atoms with Crippen LogP contribution in [-0.2, 0) is 6.42 Å². The van der Waals surface area contributed by atoms with Crippen LogP contribution < -0.4 is 10.1 Å². The molecule has 1 rings (SSSR count). The van der Waals surface area contributed by atoms with E-state index in [1.165, 1.54) is 7.11 Å². The van der Waals surface area contributed by atoms with E-state index in [0.717, 1.165) is 18.5 Å². The van der Waals surface area contributed by atoms with Gasteiger partial charge in [0.25, 0.3) is 0 Å². The topological polar surface area (TPSA) is 21.3 Å². The molecule has 1 aromatic rings. The highest BCUT2D eigenvalue weighted by Gasteiger charge is 2.29. The summed E-state index contributed by atoms with van der Waals surface area (Å²) in [6.07, 6.45) is 0.852. The van der Waals surface area contributed by atoms with Gasteiger partial charge in [0.05, 0.1) is 7.11 Å². The van der Waals surface area contributed by atoms with E-state index in [1.807, 2.05) is 6.07 Å². The van der Waals surface area contributed by atoms with E-state index in [-0.39, 0.29) is 11.2 Å². The zero-order chi connectivity index (χ0) is 15.3. The highest BCUT2D eigenvalue weighted by atomic mass is 19.1. The largest absolute Gasteiger partial charge is 0.494 e. The van der Waals surface area contributed by atoms with E-state index < -0.39 is 0 Å². The van der Waals surface area contributed by atoms with Gasteiger partial charge in [-0.05, 0) is 35.4 Å². The van der Waals surface area contributed by atoms with Gasteiger partial charge >= 0.3 is 0 Å². The van der Waals surface area contributed by atoms with E-state index in [4.69, 9.17) is 4.74 Å². The van der Waals surface area contributed by atoms with E-state index in [1.54, 1.807) is 12.1 Å². The summed E-state index contributed by atoms with van der Waals surface area (Å²) < 4.78 is 18.8. The second-order valence-corrected chi connectivity index (χ2v) is 6.49. The van der Waals surface area contributed by atoms with Gasteiger partial charge in [-0.2, -0.15) is 0 Å². The molecule has 0 saturated carbocycles. The van der Waals surface area contributed by atoms with Gasteiger partial charge in [-0.25, -0.2) is 4.39 Å². The molecule has 20 heavy (non-hydrogen) atoms. The molecule has 1 unspecified atom stereocenters. The Kier molecular flexibility index (Phi) is 6.00. The predicted molar refractivity (Wildman–Crippen MR) is 82.7 cm³/mol. The van der Waals surface area contributed by atoms with Crippen LogP contribution in [0.2, 0.25) is 0 Å². The van der Waals surface area contributed by atoms with E-state index >= 15 is 0 Å². The summed E-state index contributed by atoms with van der Waals surface area (Å²) in [5, 5.41) is 3.51. The molecule has 0 spiro atoms. The van der Waals surface area contributed by atoms with Crippen LogP contribution in [0.15, 0.2) is 18.2 Å². The Bertz CT molecular complexity index is 431. The zero-order valence-electron chi connectivity index (χ0n) is 13.6. The lowest BCUT2D eigenvalue weighted by atomic mass is 9.74. The van der Waals surface area contributed by atoms with Crippen molar-refractivity contribution >= 4 is 0 Å².